The fourth-order valence-electron chi connectivity index (χ4n) is 4.12. The van der Waals surface area contributed by atoms with Gasteiger partial charge in [-0.3, -0.25) is 4.79 Å². The van der Waals surface area contributed by atoms with Crippen molar-refractivity contribution in [2.75, 3.05) is 42.3 Å². The highest BCUT2D eigenvalue weighted by molar-refractivity contribution is 7.99. The number of ether oxygens (including phenoxy) is 1. The molecule has 1 aliphatic rings. The highest BCUT2D eigenvalue weighted by Gasteiger charge is 2.21. The van der Waals surface area contributed by atoms with Crippen LogP contribution in [0.3, 0.4) is 0 Å². The van der Waals surface area contributed by atoms with E-state index in [1.807, 2.05) is 36.4 Å². The van der Waals surface area contributed by atoms with Crippen molar-refractivity contribution in [3.63, 3.8) is 0 Å². The molecule has 1 aliphatic heterocycles. The van der Waals surface area contributed by atoms with Crippen LogP contribution in [0.1, 0.15) is 5.56 Å². The molecule has 168 valence electrons. The van der Waals surface area contributed by atoms with Gasteiger partial charge in [0.2, 0.25) is 5.91 Å². The average molecular weight is 460 g/mol. The van der Waals surface area contributed by atoms with Gasteiger partial charge in [-0.25, -0.2) is 9.55 Å². The lowest BCUT2D eigenvalue weighted by atomic mass is 10.2. The van der Waals surface area contributed by atoms with Crippen molar-refractivity contribution >= 4 is 40.1 Å². The molecule has 1 fully saturated rings. The van der Waals surface area contributed by atoms with Crippen molar-refractivity contribution in [3.8, 4) is 0 Å². The van der Waals surface area contributed by atoms with Crippen LogP contribution in [0.15, 0.2) is 84.0 Å². The van der Waals surface area contributed by atoms with Crippen molar-refractivity contribution in [1.29, 1.82) is 0 Å². The largest absolute Gasteiger partial charge is 0.378 e. The Bertz CT molecular complexity index is 1240. The van der Waals surface area contributed by atoms with Crippen molar-refractivity contribution in [1.82, 2.24) is 4.98 Å². The van der Waals surface area contributed by atoms with Crippen molar-refractivity contribution < 1.29 is 14.1 Å². The molecule has 6 nitrogen and oxygen atoms in total. The van der Waals surface area contributed by atoms with Gasteiger partial charge < -0.3 is 15.0 Å². The molecule has 1 saturated heterocycles. The maximum Gasteiger partial charge on any atom is 0.317 e. The average Bonchev–Trinajstić information content (AvgIpc) is 3.21. The Morgan fingerprint density at radius 1 is 0.970 bits per heavy atom. The van der Waals surface area contributed by atoms with Gasteiger partial charge in [-0.2, -0.15) is 0 Å². The van der Waals surface area contributed by atoms with Crippen molar-refractivity contribution in [2.45, 2.75) is 11.7 Å². The summed E-state index contributed by atoms with van der Waals surface area (Å²) >= 11 is 1.52. The summed E-state index contributed by atoms with van der Waals surface area (Å²) < 4.78 is 7.71. The molecule has 7 heteroatoms. The van der Waals surface area contributed by atoms with Crippen LogP contribution in [0.4, 0.5) is 11.4 Å². The Hall–Kier alpha value is -3.29. The molecule has 0 atom stereocenters. The van der Waals surface area contributed by atoms with Crippen LogP contribution < -0.4 is 14.8 Å². The zero-order valence-corrected chi connectivity index (χ0v) is 19.2. The SMILES string of the molecule is O=C(CSc1[nH]c2ccccc2[n+]1Cc1ccccc1)Nc1ccccc1N1CCOCC1. The number of hydrogen-bond acceptors (Lipinski definition) is 4. The van der Waals surface area contributed by atoms with Crippen LogP contribution in [0.25, 0.3) is 11.0 Å². The zero-order valence-electron chi connectivity index (χ0n) is 18.4. The first-order chi connectivity index (χ1) is 16.3. The Balaban J connectivity index is 1.31. The van der Waals surface area contributed by atoms with E-state index in [-0.39, 0.29) is 5.91 Å². The van der Waals surface area contributed by atoms with Gasteiger partial charge in [0.15, 0.2) is 11.0 Å². The monoisotopic (exact) mass is 459 g/mol. The number of rotatable bonds is 7. The van der Waals surface area contributed by atoms with Gasteiger partial charge in [0.1, 0.15) is 6.54 Å². The van der Waals surface area contributed by atoms with E-state index in [1.165, 1.54) is 17.3 Å². The predicted octanol–water partition coefficient (Wildman–Crippen LogP) is 4.07. The molecule has 2 N–H and O–H groups in total. The third-order valence-electron chi connectivity index (χ3n) is 5.74. The number of morpholine rings is 1. The first-order valence-corrected chi connectivity index (χ1v) is 12.2. The number of imidazole rings is 1. The molecule has 2 heterocycles. The third-order valence-corrected chi connectivity index (χ3v) is 6.74. The molecular weight excluding hydrogens is 432 g/mol. The van der Waals surface area contributed by atoms with Crippen LogP contribution in [-0.4, -0.2) is 42.9 Å². The van der Waals surface area contributed by atoms with Gasteiger partial charge in [-0.05, 0) is 41.6 Å². The summed E-state index contributed by atoms with van der Waals surface area (Å²) in [4.78, 5) is 18.7. The van der Waals surface area contributed by atoms with Gasteiger partial charge in [-0.1, -0.05) is 54.6 Å². The van der Waals surface area contributed by atoms with E-state index in [0.29, 0.717) is 19.0 Å². The number of carbonyl (C=O) groups excluding carboxylic acids is 1. The molecule has 0 spiro atoms. The second-order valence-electron chi connectivity index (χ2n) is 7.97. The van der Waals surface area contributed by atoms with Gasteiger partial charge in [-0.15, -0.1) is 0 Å². The number of hydrogen-bond donors (Lipinski definition) is 2. The highest BCUT2D eigenvalue weighted by atomic mass is 32.2. The summed E-state index contributed by atoms with van der Waals surface area (Å²) in [6, 6.07) is 26.6. The molecule has 0 saturated carbocycles. The summed E-state index contributed by atoms with van der Waals surface area (Å²) in [5.41, 5.74) is 5.30. The van der Waals surface area contributed by atoms with Gasteiger partial charge >= 0.3 is 5.16 Å². The fourth-order valence-corrected chi connectivity index (χ4v) is 4.96. The molecule has 3 aromatic carbocycles. The molecule has 0 bridgehead atoms. The summed E-state index contributed by atoms with van der Waals surface area (Å²) in [7, 11) is 0. The van der Waals surface area contributed by atoms with E-state index in [1.54, 1.807) is 0 Å². The normalized spacial score (nSPS) is 13.9. The minimum Gasteiger partial charge on any atom is -0.378 e. The maximum atomic E-state index is 12.9. The van der Waals surface area contributed by atoms with Gasteiger partial charge in [0.05, 0.1) is 30.3 Å². The third kappa shape index (κ3) is 5.05. The van der Waals surface area contributed by atoms with Crippen LogP contribution in [0.5, 0.6) is 0 Å². The second-order valence-corrected chi connectivity index (χ2v) is 8.94. The molecule has 0 aliphatic carbocycles. The highest BCUT2D eigenvalue weighted by Crippen LogP contribution is 2.27. The lowest BCUT2D eigenvalue weighted by Crippen LogP contribution is -2.37. The van der Waals surface area contributed by atoms with Gasteiger partial charge in [0, 0.05) is 13.1 Å². The number of amides is 1. The van der Waals surface area contributed by atoms with E-state index in [2.05, 4.69) is 62.2 Å². The molecular formula is C26H27N4O2S+. The number of nitrogens with one attached hydrogen (secondary N) is 2. The van der Waals surface area contributed by atoms with E-state index in [9.17, 15) is 4.79 Å². The molecule has 0 unspecified atom stereocenters. The summed E-state index contributed by atoms with van der Waals surface area (Å²) in [5, 5.41) is 4.08. The molecule has 1 aromatic heterocycles. The molecule has 0 radical (unpaired) electrons. The Labute approximate surface area is 197 Å². The fraction of sp³-hybridized carbons (Fsp3) is 0.231. The minimum atomic E-state index is -0.0226. The molecule has 33 heavy (non-hydrogen) atoms. The first-order valence-electron chi connectivity index (χ1n) is 11.2. The van der Waals surface area contributed by atoms with Crippen molar-refractivity contribution in [2.24, 2.45) is 0 Å². The van der Waals surface area contributed by atoms with E-state index in [4.69, 9.17) is 4.74 Å². The maximum absolute atomic E-state index is 12.9. The number of H-pyrrole nitrogens is 1. The number of para-hydroxylation sites is 4. The number of aromatic nitrogens is 2. The molecule has 1 amide bonds. The number of thioether (sulfide) groups is 1. The number of carbonyl (C=O) groups is 1. The number of aromatic amines is 1. The topological polar surface area (TPSA) is 61.2 Å². The zero-order chi connectivity index (χ0) is 22.5. The minimum absolute atomic E-state index is 0.0226. The van der Waals surface area contributed by atoms with Crippen LogP contribution in [0, 0.1) is 0 Å². The Morgan fingerprint density at radius 3 is 2.55 bits per heavy atom. The van der Waals surface area contributed by atoms with Gasteiger partial charge in [0.25, 0.3) is 0 Å². The summed E-state index contributed by atoms with van der Waals surface area (Å²) in [6.07, 6.45) is 0. The second kappa shape index (κ2) is 10.1. The van der Waals surface area contributed by atoms with Crippen LogP contribution in [-0.2, 0) is 16.1 Å². The number of anilines is 2. The molecule has 5 rings (SSSR count). The van der Waals surface area contributed by atoms with E-state index < -0.39 is 0 Å². The Morgan fingerprint density at radius 2 is 1.70 bits per heavy atom. The van der Waals surface area contributed by atoms with Crippen LogP contribution >= 0.6 is 11.8 Å². The first kappa shape index (κ1) is 21.6. The van der Waals surface area contributed by atoms with E-state index >= 15 is 0 Å². The number of nitrogens with zero attached hydrogens (tertiary/aromatic N) is 2. The van der Waals surface area contributed by atoms with Crippen molar-refractivity contribution in [3.05, 3.63) is 84.4 Å². The predicted molar refractivity (Wildman–Crippen MR) is 133 cm³/mol. The standard InChI is InChI=1S/C26H26N4O2S/c31-25(27-21-10-4-6-12-23(21)29-14-16-32-17-15-29)19-33-26-28-22-11-5-7-13-24(22)30(26)18-20-8-2-1-3-9-20/h1-13H,14-19H2,(H,27,31)/p+1. The van der Waals surface area contributed by atoms with Crippen LogP contribution in [0.2, 0.25) is 0 Å². The summed E-state index contributed by atoms with van der Waals surface area (Å²) in [6.45, 7) is 3.82. The number of benzene rings is 3. The quantitative estimate of drug-likeness (QED) is 0.323. The lowest BCUT2D eigenvalue weighted by Gasteiger charge is -2.30. The summed E-state index contributed by atoms with van der Waals surface area (Å²) in [5.74, 6) is 0.296. The molecule has 4 aromatic rings. The number of fused-ring (bicyclic) bond motifs is 1. The smallest absolute Gasteiger partial charge is 0.317 e. The lowest BCUT2D eigenvalue weighted by molar-refractivity contribution is -0.700. The van der Waals surface area contributed by atoms with E-state index in [0.717, 1.165) is 47.2 Å². The Kier molecular flexibility index (Phi) is 6.60.